The van der Waals surface area contributed by atoms with Crippen molar-refractivity contribution in [1.29, 1.82) is 0 Å². The zero-order chi connectivity index (χ0) is 13.5. The van der Waals surface area contributed by atoms with Gasteiger partial charge in [0.15, 0.2) is 5.25 Å². The third-order valence-corrected chi connectivity index (χ3v) is 2.62. The van der Waals surface area contributed by atoms with Crippen molar-refractivity contribution in [2.45, 2.75) is 25.5 Å². The zero-order valence-electron chi connectivity index (χ0n) is 10.9. The predicted octanol–water partition coefficient (Wildman–Crippen LogP) is -2.50. The Balaban J connectivity index is -0.000000108. The topological polar surface area (TPSA) is 129 Å². The minimum absolute atomic E-state index is 0. The van der Waals surface area contributed by atoms with Gasteiger partial charge in [0, 0.05) is 5.57 Å². The summed E-state index contributed by atoms with van der Waals surface area (Å²) in [6.07, 6.45) is -0.131. The minimum atomic E-state index is -4.41. The van der Waals surface area contributed by atoms with Crippen LogP contribution >= 0.6 is 0 Å². The molecule has 9 heteroatoms. The fourth-order valence-corrected chi connectivity index (χ4v) is 1.19. The smallest absolute Gasteiger partial charge is 1.00 e. The largest absolute Gasteiger partial charge is 1.00 e. The Bertz CT molecular complexity index is 367. The molecular weight excluding hydrogens is 263 g/mol. The summed E-state index contributed by atoms with van der Waals surface area (Å²) in [5.41, 5.74) is 0.176. The van der Waals surface area contributed by atoms with E-state index in [9.17, 15) is 18.0 Å². The number of rotatable bonds is 4. The van der Waals surface area contributed by atoms with Gasteiger partial charge in [-0.1, -0.05) is 13.5 Å². The zero-order valence-corrected chi connectivity index (χ0v) is 12.7. The molecule has 0 heterocycles. The number of carboxylic acid groups (broad SMARTS) is 2. The van der Waals surface area contributed by atoms with Crippen LogP contribution in [0.5, 0.6) is 0 Å². The first-order chi connectivity index (χ1) is 7.03. The summed E-state index contributed by atoms with van der Waals surface area (Å²) >= 11 is 0. The summed E-state index contributed by atoms with van der Waals surface area (Å²) in [6, 6.07) is 0. The molecule has 0 saturated heterocycles. The van der Waals surface area contributed by atoms with Crippen molar-refractivity contribution >= 4 is 22.1 Å². The van der Waals surface area contributed by atoms with Crippen molar-refractivity contribution in [2.24, 2.45) is 0 Å². The molecule has 0 saturated carbocycles. The minimum Gasteiger partial charge on any atom is -1.00 e. The van der Waals surface area contributed by atoms with Gasteiger partial charge < -0.3 is 11.6 Å². The van der Waals surface area contributed by atoms with Crippen molar-refractivity contribution < 1.29 is 63.8 Å². The van der Waals surface area contributed by atoms with Gasteiger partial charge in [0.2, 0.25) is 0 Å². The van der Waals surface area contributed by atoms with Gasteiger partial charge in [0.05, 0.1) is 0 Å². The molecule has 0 fully saturated rings. The van der Waals surface area contributed by atoms with Crippen LogP contribution in [0.1, 0.15) is 21.7 Å². The van der Waals surface area contributed by atoms with Crippen LogP contribution in [0.4, 0.5) is 0 Å². The maximum Gasteiger partial charge on any atom is 1.00 e. The van der Waals surface area contributed by atoms with Gasteiger partial charge in [-0.3, -0.25) is 9.35 Å². The molecule has 0 aliphatic heterocycles. The second kappa shape index (κ2) is 9.60. The third kappa shape index (κ3) is 11.8. The Morgan fingerprint density at radius 2 is 1.65 bits per heavy atom. The molecule has 0 spiro atoms. The summed E-state index contributed by atoms with van der Waals surface area (Å²) in [7, 11) is -4.41. The van der Waals surface area contributed by atoms with Crippen LogP contribution in [0.15, 0.2) is 12.2 Å². The van der Waals surface area contributed by atoms with Gasteiger partial charge in [-0.15, -0.1) is 0 Å². The van der Waals surface area contributed by atoms with E-state index >= 15 is 0 Å². The van der Waals surface area contributed by atoms with Gasteiger partial charge >= 0.3 is 41.5 Å². The molecule has 1 atom stereocenters. The standard InChI is InChI=1S/C4H8O5S.C4H6O2.Na.H/c1-2-3(4(5)6)10(7,8)9;1-3(2)4(5)6;;/h3H,2H2,1H3,(H,5,6)(H,7,8,9);1H2,2H3,(H,5,6);;/q;;+1;-1. The SMILES string of the molecule is C=C(C)C(=O)O.CCC(C(=O)O)S(=O)(=O)O.[H-].[Na+]. The molecule has 17 heavy (non-hydrogen) atoms. The van der Waals surface area contributed by atoms with Crippen LogP contribution in [0, 0.1) is 0 Å². The maximum absolute atomic E-state index is 10.2. The molecule has 0 radical (unpaired) electrons. The summed E-state index contributed by atoms with van der Waals surface area (Å²) in [5.74, 6) is -2.46. The molecule has 0 aliphatic carbocycles. The molecule has 0 amide bonds. The van der Waals surface area contributed by atoms with Crippen LogP contribution in [-0.2, 0) is 19.7 Å². The van der Waals surface area contributed by atoms with Gasteiger partial charge in [-0.05, 0) is 13.3 Å². The monoisotopic (exact) mass is 278 g/mol. The maximum atomic E-state index is 10.2. The van der Waals surface area contributed by atoms with Gasteiger partial charge in [0.25, 0.3) is 10.1 Å². The second-order valence-corrected chi connectivity index (χ2v) is 4.43. The van der Waals surface area contributed by atoms with Gasteiger partial charge in [-0.2, -0.15) is 8.42 Å². The van der Waals surface area contributed by atoms with Crippen molar-refractivity contribution in [1.82, 2.24) is 0 Å². The van der Waals surface area contributed by atoms with Crippen LogP contribution in [-0.4, -0.2) is 40.4 Å². The van der Waals surface area contributed by atoms with E-state index < -0.39 is 27.3 Å². The van der Waals surface area contributed by atoms with E-state index in [-0.39, 0.29) is 43.0 Å². The molecule has 0 aromatic carbocycles. The molecular formula is C8H15NaO7S. The van der Waals surface area contributed by atoms with E-state index in [4.69, 9.17) is 14.8 Å². The summed E-state index contributed by atoms with van der Waals surface area (Å²) in [5, 5.41) is 14.4. The van der Waals surface area contributed by atoms with E-state index in [0.29, 0.717) is 0 Å². The fourth-order valence-electron chi connectivity index (χ4n) is 0.513. The van der Waals surface area contributed by atoms with Crippen LogP contribution in [0.25, 0.3) is 0 Å². The van der Waals surface area contributed by atoms with Crippen molar-refractivity contribution in [3.05, 3.63) is 12.2 Å². The Morgan fingerprint density at radius 3 is 1.65 bits per heavy atom. The second-order valence-electron chi connectivity index (χ2n) is 2.84. The molecule has 0 aromatic heterocycles. The number of carboxylic acids is 2. The summed E-state index contributed by atoms with van der Waals surface area (Å²) in [4.78, 5) is 19.6. The van der Waals surface area contributed by atoms with E-state index in [1.165, 1.54) is 13.8 Å². The molecule has 7 nitrogen and oxygen atoms in total. The van der Waals surface area contributed by atoms with E-state index in [2.05, 4.69) is 6.58 Å². The van der Waals surface area contributed by atoms with Gasteiger partial charge in [-0.25, -0.2) is 4.79 Å². The summed E-state index contributed by atoms with van der Waals surface area (Å²) < 4.78 is 28.6. The van der Waals surface area contributed by atoms with Crippen LogP contribution in [0.2, 0.25) is 0 Å². The quantitative estimate of drug-likeness (QED) is 0.294. The first kappa shape index (κ1) is 21.8. The molecule has 0 aromatic rings. The van der Waals surface area contributed by atoms with Crippen LogP contribution < -0.4 is 29.6 Å². The Hall–Kier alpha value is -0.410. The molecule has 96 valence electrons. The number of carbonyl (C=O) groups is 2. The first-order valence-electron chi connectivity index (χ1n) is 4.11. The van der Waals surface area contributed by atoms with Crippen molar-refractivity contribution in [3.63, 3.8) is 0 Å². The Labute approximate surface area is 123 Å². The Kier molecular flexibility index (Phi) is 12.3. The van der Waals surface area contributed by atoms with E-state index in [0.717, 1.165) is 0 Å². The number of hydrogen-bond donors (Lipinski definition) is 3. The number of aliphatic carboxylic acids is 2. The summed E-state index contributed by atoms with van der Waals surface area (Å²) in [6.45, 7) is 5.97. The molecule has 0 bridgehead atoms. The molecule has 3 N–H and O–H groups in total. The Morgan fingerprint density at radius 1 is 1.35 bits per heavy atom. The normalized spacial score (nSPS) is 11.2. The molecule has 0 aliphatic rings. The number of hydrogen-bond acceptors (Lipinski definition) is 4. The van der Waals surface area contributed by atoms with E-state index in [1.54, 1.807) is 0 Å². The average molecular weight is 278 g/mol. The van der Waals surface area contributed by atoms with E-state index in [1.807, 2.05) is 0 Å². The molecule has 0 rings (SSSR count). The molecule has 1 unspecified atom stereocenters. The third-order valence-electron chi connectivity index (χ3n) is 1.37. The first-order valence-corrected chi connectivity index (χ1v) is 5.62. The van der Waals surface area contributed by atoms with Crippen LogP contribution in [0.3, 0.4) is 0 Å². The van der Waals surface area contributed by atoms with Crippen molar-refractivity contribution in [3.8, 4) is 0 Å². The predicted molar refractivity (Wildman–Crippen MR) is 56.8 cm³/mol. The fraction of sp³-hybridized carbons (Fsp3) is 0.500. The van der Waals surface area contributed by atoms with Gasteiger partial charge in [0.1, 0.15) is 0 Å². The van der Waals surface area contributed by atoms with Crippen molar-refractivity contribution in [2.75, 3.05) is 0 Å². The average Bonchev–Trinajstić information content (AvgIpc) is 2.02.